The lowest BCUT2D eigenvalue weighted by molar-refractivity contribution is -0.134. The maximum atomic E-state index is 13.2. The van der Waals surface area contributed by atoms with Crippen molar-refractivity contribution in [1.29, 1.82) is 0 Å². The number of aromatic nitrogens is 3. The van der Waals surface area contributed by atoms with Gasteiger partial charge in [0.2, 0.25) is 5.91 Å². The quantitative estimate of drug-likeness (QED) is 0.856. The number of nitrogens with zero attached hydrogens (tertiary/aromatic N) is 4. The number of amides is 1. The Morgan fingerprint density at radius 2 is 2.28 bits per heavy atom. The Hall–Kier alpha value is -2.37. The molecule has 1 aromatic carbocycles. The van der Waals surface area contributed by atoms with E-state index in [1.54, 1.807) is 19.8 Å². The van der Waals surface area contributed by atoms with Crippen LogP contribution >= 0.6 is 0 Å². The average molecular weight is 340 g/mol. The fourth-order valence-corrected chi connectivity index (χ4v) is 4.19. The van der Waals surface area contributed by atoms with Crippen molar-refractivity contribution >= 4 is 5.91 Å². The molecule has 1 amide bonds. The molecule has 2 aromatic rings. The van der Waals surface area contributed by atoms with Crippen LogP contribution in [0.1, 0.15) is 36.3 Å². The predicted octanol–water partition coefficient (Wildman–Crippen LogP) is 2.26. The van der Waals surface area contributed by atoms with Crippen LogP contribution in [0.15, 0.2) is 30.9 Å². The first kappa shape index (κ1) is 16.1. The molecule has 132 valence electrons. The minimum atomic E-state index is -0.0183. The number of carbonyl (C=O) groups excluding carboxylic acids is 1. The van der Waals surface area contributed by atoms with E-state index in [0.29, 0.717) is 5.92 Å². The van der Waals surface area contributed by atoms with Gasteiger partial charge in [0, 0.05) is 19.6 Å². The molecule has 0 unspecified atom stereocenters. The Balaban J connectivity index is 1.46. The number of ether oxygens (including phenoxy) is 1. The van der Waals surface area contributed by atoms with Crippen molar-refractivity contribution in [3.05, 3.63) is 42.0 Å². The molecular weight excluding hydrogens is 316 g/mol. The summed E-state index contributed by atoms with van der Waals surface area (Å²) < 4.78 is 7.22. The lowest BCUT2D eigenvalue weighted by Gasteiger charge is -2.34. The van der Waals surface area contributed by atoms with Gasteiger partial charge in [-0.25, -0.2) is 4.98 Å². The topological polar surface area (TPSA) is 60.2 Å². The number of aryl methyl sites for hydroxylation is 1. The molecule has 0 bridgehead atoms. The fourth-order valence-electron chi connectivity index (χ4n) is 4.19. The molecule has 0 spiro atoms. The lowest BCUT2D eigenvalue weighted by atomic mass is 9.94. The second kappa shape index (κ2) is 6.86. The third kappa shape index (κ3) is 3.25. The van der Waals surface area contributed by atoms with E-state index in [1.807, 2.05) is 16.8 Å². The molecule has 2 atom stereocenters. The van der Waals surface area contributed by atoms with E-state index >= 15 is 0 Å². The van der Waals surface area contributed by atoms with Crippen molar-refractivity contribution in [3.8, 4) is 5.75 Å². The number of likely N-dealkylation sites (tertiary alicyclic amines) is 1. The summed E-state index contributed by atoms with van der Waals surface area (Å²) in [6.07, 6.45) is 7.40. The third-order valence-electron chi connectivity index (χ3n) is 5.47. The summed E-state index contributed by atoms with van der Waals surface area (Å²) in [5, 5.41) is 4.19. The van der Waals surface area contributed by atoms with Crippen molar-refractivity contribution in [2.75, 3.05) is 20.2 Å². The number of benzene rings is 1. The minimum absolute atomic E-state index is 0.0183. The highest BCUT2D eigenvalue weighted by atomic mass is 16.5. The van der Waals surface area contributed by atoms with Crippen LogP contribution < -0.4 is 4.74 Å². The van der Waals surface area contributed by atoms with Crippen molar-refractivity contribution in [3.63, 3.8) is 0 Å². The van der Waals surface area contributed by atoms with E-state index in [2.05, 4.69) is 21.0 Å². The molecule has 6 heteroatoms. The molecule has 4 rings (SSSR count). The van der Waals surface area contributed by atoms with Crippen LogP contribution in [-0.4, -0.2) is 45.8 Å². The lowest BCUT2D eigenvalue weighted by Crippen LogP contribution is -2.43. The van der Waals surface area contributed by atoms with Gasteiger partial charge >= 0.3 is 0 Å². The van der Waals surface area contributed by atoms with Gasteiger partial charge in [0.05, 0.1) is 13.0 Å². The maximum Gasteiger partial charge on any atom is 0.230 e. The number of fused-ring (bicyclic) bond motifs is 1. The zero-order chi connectivity index (χ0) is 17.2. The molecule has 0 N–H and O–H groups in total. The van der Waals surface area contributed by atoms with Crippen LogP contribution in [0.2, 0.25) is 0 Å². The van der Waals surface area contributed by atoms with Crippen LogP contribution in [-0.2, 0) is 17.8 Å². The number of hydrogen-bond acceptors (Lipinski definition) is 4. The van der Waals surface area contributed by atoms with Crippen LogP contribution in [0.4, 0.5) is 0 Å². The summed E-state index contributed by atoms with van der Waals surface area (Å²) >= 11 is 0. The van der Waals surface area contributed by atoms with E-state index in [-0.39, 0.29) is 11.8 Å². The first-order chi connectivity index (χ1) is 12.2. The van der Waals surface area contributed by atoms with E-state index in [9.17, 15) is 4.79 Å². The maximum absolute atomic E-state index is 13.2. The predicted molar refractivity (Wildman–Crippen MR) is 93.4 cm³/mol. The first-order valence-corrected chi connectivity index (χ1v) is 9.02. The zero-order valence-electron chi connectivity index (χ0n) is 14.6. The molecule has 2 aliphatic rings. The molecule has 0 radical (unpaired) electrons. The van der Waals surface area contributed by atoms with Crippen molar-refractivity contribution in [2.45, 2.75) is 38.1 Å². The smallest absolute Gasteiger partial charge is 0.230 e. The van der Waals surface area contributed by atoms with Gasteiger partial charge in [-0.15, -0.1) is 0 Å². The number of methoxy groups -OCH3 is 1. The van der Waals surface area contributed by atoms with Gasteiger partial charge < -0.3 is 9.64 Å². The van der Waals surface area contributed by atoms with E-state index in [0.717, 1.165) is 56.6 Å². The number of hydrogen-bond donors (Lipinski definition) is 0. The van der Waals surface area contributed by atoms with Crippen LogP contribution in [0.25, 0.3) is 0 Å². The highest BCUT2D eigenvalue weighted by Gasteiger charge is 2.34. The molecule has 1 aliphatic carbocycles. The third-order valence-corrected chi connectivity index (χ3v) is 5.47. The Kier molecular flexibility index (Phi) is 4.42. The number of piperidine rings is 1. The highest BCUT2D eigenvalue weighted by Crippen LogP contribution is 2.37. The second-order valence-electron chi connectivity index (χ2n) is 7.07. The largest absolute Gasteiger partial charge is 0.497 e. The second-order valence-corrected chi connectivity index (χ2v) is 7.07. The number of rotatable bonds is 4. The normalized spacial score (nSPS) is 22.7. The standard InChI is InChI=1S/C19H24N4O2/c1-25-16-6-4-15-5-7-17(18(15)9-16)19(24)22-8-2-3-14(10-22)11-23-13-20-12-21-23/h4,6,9,12-14,17H,2-3,5,7-8,10-11H2,1H3/t14-,17-/m1/s1. The molecule has 1 aromatic heterocycles. The molecule has 1 saturated heterocycles. The fraction of sp³-hybridized carbons (Fsp3) is 0.526. The van der Waals surface area contributed by atoms with Crippen molar-refractivity contribution in [1.82, 2.24) is 19.7 Å². The Labute approximate surface area is 147 Å². The van der Waals surface area contributed by atoms with E-state index < -0.39 is 0 Å². The highest BCUT2D eigenvalue weighted by molar-refractivity contribution is 5.85. The Morgan fingerprint density at radius 1 is 1.36 bits per heavy atom. The van der Waals surface area contributed by atoms with Gasteiger partial charge in [-0.3, -0.25) is 9.48 Å². The first-order valence-electron chi connectivity index (χ1n) is 9.02. The minimum Gasteiger partial charge on any atom is -0.497 e. The summed E-state index contributed by atoms with van der Waals surface area (Å²) in [6.45, 7) is 2.51. The van der Waals surface area contributed by atoms with E-state index in [1.165, 1.54) is 5.56 Å². The van der Waals surface area contributed by atoms with Gasteiger partial charge in [-0.05, 0) is 54.9 Å². The van der Waals surface area contributed by atoms with Crippen molar-refractivity contribution in [2.24, 2.45) is 5.92 Å². The number of carbonyl (C=O) groups is 1. The summed E-state index contributed by atoms with van der Waals surface area (Å²) in [5.74, 6) is 1.54. The molecule has 2 heterocycles. The van der Waals surface area contributed by atoms with Crippen molar-refractivity contribution < 1.29 is 9.53 Å². The van der Waals surface area contributed by atoms with Gasteiger partial charge in [0.1, 0.15) is 18.4 Å². The zero-order valence-corrected chi connectivity index (χ0v) is 14.6. The van der Waals surface area contributed by atoms with E-state index in [4.69, 9.17) is 4.74 Å². The average Bonchev–Trinajstić information content (AvgIpc) is 3.30. The van der Waals surface area contributed by atoms with Crippen LogP contribution in [0.3, 0.4) is 0 Å². The summed E-state index contributed by atoms with van der Waals surface area (Å²) in [5.41, 5.74) is 2.44. The molecule has 0 saturated carbocycles. The van der Waals surface area contributed by atoms with Crippen LogP contribution in [0, 0.1) is 5.92 Å². The Morgan fingerprint density at radius 3 is 3.08 bits per heavy atom. The van der Waals surface area contributed by atoms with Gasteiger partial charge in [0.15, 0.2) is 0 Å². The molecule has 1 fully saturated rings. The van der Waals surface area contributed by atoms with Gasteiger partial charge in [-0.2, -0.15) is 5.10 Å². The summed E-state index contributed by atoms with van der Waals surface area (Å²) in [7, 11) is 1.67. The Bertz CT molecular complexity index is 744. The molecular formula is C19H24N4O2. The monoisotopic (exact) mass is 340 g/mol. The SMILES string of the molecule is COc1ccc2c(c1)[C@H](C(=O)N1CCC[C@@H](Cn3cncn3)C1)CC2. The van der Waals surface area contributed by atoms with Crippen LogP contribution in [0.5, 0.6) is 5.75 Å². The van der Waals surface area contributed by atoms with Gasteiger partial charge in [-0.1, -0.05) is 6.07 Å². The molecule has 6 nitrogen and oxygen atoms in total. The molecule has 25 heavy (non-hydrogen) atoms. The summed E-state index contributed by atoms with van der Waals surface area (Å²) in [4.78, 5) is 19.2. The molecule has 1 aliphatic heterocycles. The van der Waals surface area contributed by atoms with Gasteiger partial charge in [0.25, 0.3) is 0 Å². The summed E-state index contributed by atoms with van der Waals surface area (Å²) in [6, 6.07) is 6.13.